The number of aromatic nitrogens is 2. The summed E-state index contributed by atoms with van der Waals surface area (Å²) in [6.07, 6.45) is 4.43. The van der Waals surface area contributed by atoms with Gasteiger partial charge in [-0.1, -0.05) is 6.92 Å². The lowest BCUT2D eigenvalue weighted by molar-refractivity contribution is 0.424. The molecule has 1 aromatic rings. The fourth-order valence-corrected chi connectivity index (χ4v) is 2.40. The first-order chi connectivity index (χ1) is 9.15. The van der Waals surface area contributed by atoms with E-state index in [9.17, 15) is 0 Å². The first kappa shape index (κ1) is 14.1. The van der Waals surface area contributed by atoms with Crippen molar-refractivity contribution in [2.24, 2.45) is 5.92 Å². The molecular formula is C14H25N5. The lowest BCUT2D eigenvalue weighted by atomic mass is 10.0. The molecule has 0 saturated carbocycles. The highest BCUT2D eigenvalue weighted by Gasteiger charge is 2.17. The third kappa shape index (κ3) is 4.35. The van der Waals surface area contributed by atoms with Crippen LogP contribution in [0.5, 0.6) is 0 Å². The first-order valence-electron chi connectivity index (χ1n) is 7.12. The van der Waals surface area contributed by atoms with Gasteiger partial charge in [0.15, 0.2) is 0 Å². The lowest BCUT2D eigenvalue weighted by Gasteiger charge is -2.31. The number of nitrogens with one attached hydrogen (secondary N) is 1. The number of piperidine rings is 1. The van der Waals surface area contributed by atoms with Crippen LogP contribution in [0.3, 0.4) is 0 Å². The van der Waals surface area contributed by atoms with E-state index < -0.39 is 0 Å². The summed E-state index contributed by atoms with van der Waals surface area (Å²) in [5.41, 5.74) is 0. The van der Waals surface area contributed by atoms with Crippen molar-refractivity contribution in [3.05, 3.63) is 12.3 Å². The van der Waals surface area contributed by atoms with E-state index in [1.165, 1.54) is 12.8 Å². The van der Waals surface area contributed by atoms with Gasteiger partial charge in [-0.15, -0.1) is 0 Å². The van der Waals surface area contributed by atoms with E-state index in [-0.39, 0.29) is 0 Å². The van der Waals surface area contributed by atoms with Crippen LogP contribution in [0.4, 0.5) is 11.8 Å². The molecule has 0 aliphatic carbocycles. The van der Waals surface area contributed by atoms with Crippen LogP contribution in [-0.4, -0.2) is 55.1 Å². The molecule has 1 atom stereocenters. The van der Waals surface area contributed by atoms with Gasteiger partial charge in [0.1, 0.15) is 5.82 Å². The number of hydrogen-bond donors (Lipinski definition) is 1. The zero-order valence-corrected chi connectivity index (χ0v) is 12.3. The van der Waals surface area contributed by atoms with E-state index in [1.54, 1.807) is 0 Å². The molecule has 0 aromatic carbocycles. The van der Waals surface area contributed by atoms with E-state index in [4.69, 9.17) is 0 Å². The Bertz CT molecular complexity index is 393. The molecule has 1 aliphatic heterocycles. The second-order valence-electron chi connectivity index (χ2n) is 5.66. The van der Waals surface area contributed by atoms with Crippen molar-refractivity contribution < 1.29 is 0 Å². The molecule has 0 radical (unpaired) electrons. The smallest absolute Gasteiger partial charge is 0.224 e. The fourth-order valence-electron chi connectivity index (χ4n) is 2.40. The van der Waals surface area contributed by atoms with E-state index >= 15 is 0 Å². The number of nitrogens with zero attached hydrogens (tertiary/aromatic N) is 4. The van der Waals surface area contributed by atoms with Gasteiger partial charge >= 0.3 is 0 Å². The summed E-state index contributed by atoms with van der Waals surface area (Å²) >= 11 is 0. The summed E-state index contributed by atoms with van der Waals surface area (Å²) in [5.74, 6) is 2.54. The maximum atomic E-state index is 4.61. The Labute approximate surface area is 116 Å². The molecule has 1 aliphatic rings. The van der Waals surface area contributed by atoms with Gasteiger partial charge in [0.2, 0.25) is 5.95 Å². The Morgan fingerprint density at radius 1 is 1.47 bits per heavy atom. The highest BCUT2D eigenvalue weighted by molar-refractivity contribution is 5.42. The Hall–Kier alpha value is -1.36. The topological polar surface area (TPSA) is 44.3 Å². The minimum absolute atomic E-state index is 0.734. The average molecular weight is 263 g/mol. The van der Waals surface area contributed by atoms with Gasteiger partial charge in [-0.25, -0.2) is 4.98 Å². The quantitative estimate of drug-likeness (QED) is 0.876. The Balaban J connectivity index is 1.94. The maximum Gasteiger partial charge on any atom is 0.224 e. The van der Waals surface area contributed by atoms with Crippen LogP contribution in [0, 0.1) is 5.92 Å². The second kappa shape index (κ2) is 6.70. The number of hydrogen-bond acceptors (Lipinski definition) is 5. The van der Waals surface area contributed by atoms with Crippen molar-refractivity contribution in [2.45, 2.75) is 19.8 Å². The van der Waals surface area contributed by atoms with E-state index in [0.717, 1.165) is 43.9 Å². The van der Waals surface area contributed by atoms with Gasteiger partial charge in [-0.3, -0.25) is 0 Å². The summed E-state index contributed by atoms with van der Waals surface area (Å²) in [7, 11) is 4.13. The molecule has 1 N–H and O–H groups in total. The summed E-state index contributed by atoms with van der Waals surface area (Å²) in [5, 5.41) is 3.28. The molecule has 0 amide bonds. The monoisotopic (exact) mass is 263 g/mol. The molecule has 106 valence electrons. The molecule has 1 aromatic heterocycles. The van der Waals surface area contributed by atoms with Crippen LogP contribution >= 0.6 is 0 Å². The van der Waals surface area contributed by atoms with Crippen LogP contribution in [0.1, 0.15) is 19.8 Å². The van der Waals surface area contributed by atoms with Crippen molar-refractivity contribution in [1.82, 2.24) is 14.9 Å². The summed E-state index contributed by atoms with van der Waals surface area (Å²) in [4.78, 5) is 13.4. The Morgan fingerprint density at radius 3 is 3.05 bits per heavy atom. The third-order valence-electron chi connectivity index (χ3n) is 3.46. The Morgan fingerprint density at radius 2 is 2.32 bits per heavy atom. The first-order valence-corrected chi connectivity index (χ1v) is 7.12. The molecule has 1 fully saturated rings. The van der Waals surface area contributed by atoms with Crippen LogP contribution < -0.4 is 10.2 Å². The predicted octanol–water partition coefficient (Wildman–Crippen LogP) is 1.69. The van der Waals surface area contributed by atoms with Crippen molar-refractivity contribution in [2.75, 3.05) is 50.5 Å². The highest BCUT2D eigenvalue weighted by Crippen LogP contribution is 2.21. The molecular weight excluding hydrogens is 238 g/mol. The maximum absolute atomic E-state index is 4.61. The lowest BCUT2D eigenvalue weighted by Crippen LogP contribution is -2.35. The Kier molecular flexibility index (Phi) is 4.96. The van der Waals surface area contributed by atoms with E-state index in [0.29, 0.717) is 0 Å². The third-order valence-corrected chi connectivity index (χ3v) is 3.46. The summed E-state index contributed by atoms with van der Waals surface area (Å²) in [6.45, 7) is 6.37. The van der Waals surface area contributed by atoms with E-state index in [1.807, 2.05) is 12.3 Å². The van der Waals surface area contributed by atoms with Gasteiger partial charge in [-0.2, -0.15) is 4.98 Å². The minimum atomic E-state index is 0.734. The van der Waals surface area contributed by atoms with Crippen molar-refractivity contribution >= 4 is 11.8 Å². The molecule has 2 rings (SSSR count). The summed E-state index contributed by atoms with van der Waals surface area (Å²) < 4.78 is 0. The van der Waals surface area contributed by atoms with E-state index in [2.05, 4.69) is 46.1 Å². The zero-order valence-electron chi connectivity index (χ0n) is 12.3. The predicted molar refractivity (Wildman–Crippen MR) is 79.7 cm³/mol. The number of rotatable bonds is 5. The van der Waals surface area contributed by atoms with Gasteiger partial charge in [-0.05, 0) is 38.9 Å². The zero-order chi connectivity index (χ0) is 13.7. The number of likely N-dealkylation sites (N-methyl/N-ethyl adjacent to an activating group) is 1. The highest BCUT2D eigenvalue weighted by atomic mass is 15.2. The van der Waals surface area contributed by atoms with Crippen LogP contribution in [0.25, 0.3) is 0 Å². The largest absolute Gasteiger partial charge is 0.356 e. The standard InChI is InChI=1S/C14H25N5/c1-12-5-4-9-19(11-12)13-6-7-15-14(17-13)16-8-10-18(2)3/h6-7,12H,4-5,8-11H2,1-3H3,(H,15,16,17). The molecule has 19 heavy (non-hydrogen) atoms. The van der Waals surface area contributed by atoms with Crippen molar-refractivity contribution in [1.29, 1.82) is 0 Å². The van der Waals surface area contributed by atoms with Crippen molar-refractivity contribution in [3.8, 4) is 0 Å². The number of anilines is 2. The van der Waals surface area contributed by atoms with Crippen LogP contribution in [-0.2, 0) is 0 Å². The van der Waals surface area contributed by atoms with Gasteiger partial charge in [0, 0.05) is 32.4 Å². The second-order valence-corrected chi connectivity index (χ2v) is 5.66. The normalized spacial score (nSPS) is 19.8. The molecule has 2 heterocycles. The molecule has 1 unspecified atom stereocenters. The molecule has 0 bridgehead atoms. The average Bonchev–Trinajstić information content (AvgIpc) is 2.39. The minimum Gasteiger partial charge on any atom is -0.356 e. The van der Waals surface area contributed by atoms with Gasteiger partial charge in [0.25, 0.3) is 0 Å². The molecule has 5 heteroatoms. The van der Waals surface area contributed by atoms with Gasteiger partial charge in [0.05, 0.1) is 0 Å². The molecule has 0 spiro atoms. The van der Waals surface area contributed by atoms with Gasteiger partial charge < -0.3 is 15.1 Å². The summed E-state index contributed by atoms with van der Waals surface area (Å²) in [6, 6.07) is 2.01. The fraction of sp³-hybridized carbons (Fsp3) is 0.714. The molecule has 5 nitrogen and oxygen atoms in total. The SMILES string of the molecule is CC1CCCN(c2ccnc(NCCN(C)C)n2)C1. The van der Waals surface area contributed by atoms with Crippen molar-refractivity contribution in [3.63, 3.8) is 0 Å². The molecule has 1 saturated heterocycles. The van der Waals surface area contributed by atoms with Crippen LogP contribution in [0.15, 0.2) is 12.3 Å². The van der Waals surface area contributed by atoms with Crippen LogP contribution in [0.2, 0.25) is 0 Å².